The van der Waals surface area contributed by atoms with Crippen molar-refractivity contribution < 1.29 is 23.1 Å². The fraction of sp³-hybridized carbons (Fsp3) is 0.562. The van der Waals surface area contributed by atoms with Crippen LogP contribution in [-0.4, -0.2) is 43.5 Å². The third-order valence-electron chi connectivity index (χ3n) is 4.05. The van der Waals surface area contributed by atoms with Crippen molar-refractivity contribution in [2.45, 2.75) is 38.0 Å². The third kappa shape index (κ3) is 4.03. The normalized spacial score (nSPS) is 17.1. The fourth-order valence-corrected chi connectivity index (χ4v) is 4.20. The summed E-state index contributed by atoms with van der Waals surface area (Å²) in [5, 5.41) is 9.00. The minimum atomic E-state index is -3.59. The van der Waals surface area contributed by atoms with Crippen LogP contribution in [-0.2, 0) is 14.8 Å². The van der Waals surface area contributed by atoms with Gasteiger partial charge in [-0.3, -0.25) is 4.79 Å². The lowest BCUT2D eigenvalue weighted by atomic mass is 9.99. The quantitative estimate of drug-likeness (QED) is 0.858. The molecule has 0 radical (unpaired) electrons. The lowest BCUT2D eigenvalue weighted by Gasteiger charge is -2.29. The lowest BCUT2D eigenvalue weighted by molar-refractivity contribution is -0.142. The van der Waals surface area contributed by atoms with Crippen molar-refractivity contribution in [1.82, 2.24) is 4.31 Å². The maximum atomic E-state index is 12.7. The number of aryl methyl sites for hydroxylation is 1. The van der Waals surface area contributed by atoms with Crippen LogP contribution in [0.25, 0.3) is 0 Å². The van der Waals surface area contributed by atoms with Gasteiger partial charge in [0.05, 0.1) is 17.4 Å². The first-order valence-electron chi connectivity index (χ1n) is 7.82. The molecule has 0 bridgehead atoms. The molecule has 1 heterocycles. The van der Waals surface area contributed by atoms with E-state index in [0.29, 0.717) is 25.2 Å². The Morgan fingerprint density at radius 1 is 1.35 bits per heavy atom. The van der Waals surface area contributed by atoms with E-state index in [2.05, 4.69) is 0 Å². The van der Waals surface area contributed by atoms with Crippen molar-refractivity contribution in [1.29, 1.82) is 0 Å². The summed E-state index contributed by atoms with van der Waals surface area (Å²) in [5.74, 6) is -0.612. The number of carbonyl (C=O) groups is 1. The van der Waals surface area contributed by atoms with E-state index in [1.807, 2.05) is 13.8 Å². The summed E-state index contributed by atoms with van der Waals surface area (Å²) in [6, 6.07) is 4.85. The van der Waals surface area contributed by atoms with Gasteiger partial charge in [0.2, 0.25) is 10.0 Å². The number of ether oxygens (including phenoxy) is 1. The molecule has 2 rings (SSSR count). The molecule has 7 heteroatoms. The van der Waals surface area contributed by atoms with Gasteiger partial charge in [-0.25, -0.2) is 8.42 Å². The fourth-order valence-electron chi connectivity index (χ4n) is 2.65. The van der Waals surface area contributed by atoms with E-state index in [9.17, 15) is 13.2 Å². The molecule has 128 valence electrons. The highest BCUT2D eigenvalue weighted by Crippen LogP contribution is 2.27. The highest BCUT2D eigenvalue weighted by molar-refractivity contribution is 7.89. The van der Waals surface area contributed by atoms with Crippen molar-refractivity contribution in [2.75, 3.05) is 19.7 Å². The van der Waals surface area contributed by atoms with Crippen LogP contribution in [0, 0.1) is 12.8 Å². The van der Waals surface area contributed by atoms with Gasteiger partial charge in [0.15, 0.2) is 0 Å². The Kier molecular flexibility index (Phi) is 5.64. The van der Waals surface area contributed by atoms with Crippen molar-refractivity contribution >= 4 is 16.0 Å². The summed E-state index contributed by atoms with van der Waals surface area (Å²) in [7, 11) is -3.59. The van der Waals surface area contributed by atoms with E-state index in [-0.39, 0.29) is 18.0 Å². The second-order valence-corrected chi connectivity index (χ2v) is 7.73. The van der Waals surface area contributed by atoms with E-state index >= 15 is 0 Å². The lowest BCUT2D eigenvalue weighted by Crippen LogP contribution is -2.40. The number of piperidine rings is 1. The first-order valence-corrected chi connectivity index (χ1v) is 9.26. The molecule has 0 aromatic heterocycles. The molecular weight excluding hydrogens is 318 g/mol. The van der Waals surface area contributed by atoms with Crippen LogP contribution in [0.3, 0.4) is 0 Å². The number of benzene rings is 1. The zero-order valence-corrected chi connectivity index (χ0v) is 14.3. The highest BCUT2D eigenvalue weighted by atomic mass is 32.2. The number of carboxylic acids is 1. The zero-order valence-electron chi connectivity index (χ0n) is 13.5. The summed E-state index contributed by atoms with van der Waals surface area (Å²) >= 11 is 0. The van der Waals surface area contributed by atoms with Gasteiger partial charge >= 0.3 is 5.97 Å². The molecule has 0 saturated carbocycles. The van der Waals surface area contributed by atoms with E-state index in [1.165, 1.54) is 4.31 Å². The van der Waals surface area contributed by atoms with Crippen molar-refractivity contribution in [3.05, 3.63) is 23.8 Å². The van der Waals surface area contributed by atoms with Crippen LogP contribution in [0.4, 0.5) is 0 Å². The molecule has 1 fully saturated rings. The summed E-state index contributed by atoms with van der Waals surface area (Å²) in [6.07, 6.45) is 1.59. The number of rotatable bonds is 6. The molecule has 1 aliphatic rings. The maximum Gasteiger partial charge on any atom is 0.306 e. The molecule has 1 N–H and O–H groups in total. The Balaban J connectivity index is 2.14. The van der Waals surface area contributed by atoms with Gasteiger partial charge in [0.1, 0.15) is 5.75 Å². The van der Waals surface area contributed by atoms with Gasteiger partial charge in [-0.15, -0.1) is 0 Å². The Morgan fingerprint density at radius 3 is 2.52 bits per heavy atom. The summed E-state index contributed by atoms with van der Waals surface area (Å²) in [5.41, 5.74) is 0.778. The number of carboxylic acid groups (broad SMARTS) is 1. The van der Waals surface area contributed by atoms with Gasteiger partial charge in [0.25, 0.3) is 0 Å². The predicted octanol–water partition coefficient (Wildman–Crippen LogP) is 2.27. The monoisotopic (exact) mass is 341 g/mol. The molecule has 23 heavy (non-hydrogen) atoms. The van der Waals surface area contributed by atoms with Crippen LogP contribution in [0.2, 0.25) is 0 Å². The van der Waals surface area contributed by atoms with Crippen LogP contribution in [0.15, 0.2) is 23.1 Å². The molecule has 1 aromatic carbocycles. The summed E-state index contributed by atoms with van der Waals surface area (Å²) in [4.78, 5) is 11.2. The Hall–Kier alpha value is -1.60. The molecule has 1 aromatic rings. The van der Waals surface area contributed by atoms with E-state index in [0.717, 1.165) is 12.0 Å². The Labute approximate surface area is 137 Å². The van der Waals surface area contributed by atoms with E-state index in [1.54, 1.807) is 18.2 Å². The smallest absolute Gasteiger partial charge is 0.306 e. The molecule has 0 aliphatic carbocycles. The Morgan fingerprint density at radius 2 is 2.00 bits per heavy atom. The molecule has 1 saturated heterocycles. The van der Waals surface area contributed by atoms with E-state index < -0.39 is 21.9 Å². The molecule has 1 aliphatic heterocycles. The molecule has 0 unspecified atom stereocenters. The van der Waals surface area contributed by atoms with Crippen molar-refractivity contribution in [2.24, 2.45) is 5.92 Å². The first kappa shape index (κ1) is 17.7. The molecule has 0 amide bonds. The average molecular weight is 341 g/mol. The number of sulfonamides is 1. The van der Waals surface area contributed by atoms with Crippen molar-refractivity contribution in [3.63, 3.8) is 0 Å². The number of hydrogen-bond donors (Lipinski definition) is 1. The number of aliphatic carboxylic acids is 1. The Bertz CT molecular complexity index is 663. The van der Waals surface area contributed by atoms with Crippen LogP contribution >= 0.6 is 0 Å². The van der Waals surface area contributed by atoms with Gasteiger partial charge in [-0.2, -0.15) is 4.31 Å². The van der Waals surface area contributed by atoms with Gasteiger partial charge in [-0.1, -0.05) is 6.92 Å². The van der Waals surface area contributed by atoms with Gasteiger partial charge in [-0.05, 0) is 49.9 Å². The van der Waals surface area contributed by atoms with Crippen LogP contribution in [0.5, 0.6) is 5.75 Å². The van der Waals surface area contributed by atoms with Crippen molar-refractivity contribution in [3.8, 4) is 5.75 Å². The van der Waals surface area contributed by atoms with E-state index in [4.69, 9.17) is 9.84 Å². The minimum absolute atomic E-state index is 0.229. The highest BCUT2D eigenvalue weighted by Gasteiger charge is 2.32. The summed E-state index contributed by atoms with van der Waals surface area (Å²) < 4.78 is 32.3. The molecule has 0 spiro atoms. The maximum absolute atomic E-state index is 12.7. The van der Waals surface area contributed by atoms with Gasteiger partial charge < -0.3 is 9.84 Å². The summed E-state index contributed by atoms with van der Waals surface area (Å²) in [6.45, 7) is 4.91. The number of nitrogens with zero attached hydrogens (tertiary/aromatic N) is 1. The molecule has 6 nitrogen and oxygen atoms in total. The third-order valence-corrected chi connectivity index (χ3v) is 5.94. The SMILES string of the molecule is CCCOc1ccc(S(=O)(=O)N2CCC(C(=O)O)CC2)cc1C. The largest absolute Gasteiger partial charge is 0.493 e. The average Bonchev–Trinajstić information content (AvgIpc) is 2.53. The predicted molar refractivity (Wildman–Crippen MR) is 86.1 cm³/mol. The zero-order chi connectivity index (χ0) is 17.0. The van der Waals surface area contributed by atoms with Gasteiger partial charge in [0, 0.05) is 13.1 Å². The number of hydrogen-bond acceptors (Lipinski definition) is 4. The standard InChI is InChI=1S/C16H23NO5S/c1-3-10-22-15-5-4-14(11-12(15)2)23(20,21)17-8-6-13(7-9-17)16(18)19/h4-5,11,13H,3,6-10H2,1-2H3,(H,18,19). The second-order valence-electron chi connectivity index (χ2n) is 5.79. The first-order chi connectivity index (χ1) is 10.9. The molecule has 0 atom stereocenters. The topological polar surface area (TPSA) is 83.9 Å². The molecular formula is C16H23NO5S. The van der Waals surface area contributed by atoms with Crippen LogP contribution in [0.1, 0.15) is 31.7 Å². The van der Waals surface area contributed by atoms with Crippen LogP contribution < -0.4 is 4.74 Å². The second kappa shape index (κ2) is 7.31. The minimum Gasteiger partial charge on any atom is -0.493 e.